The van der Waals surface area contributed by atoms with Gasteiger partial charge in [-0.25, -0.2) is 4.79 Å². The Bertz CT molecular complexity index is 2050. The number of alkyl halides is 3. The number of hydrogen-bond acceptors (Lipinski definition) is 6. The predicted octanol–water partition coefficient (Wildman–Crippen LogP) is 8.15. The van der Waals surface area contributed by atoms with Crippen molar-refractivity contribution in [3.63, 3.8) is 0 Å². The zero-order valence-electron chi connectivity index (χ0n) is 29.6. The summed E-state index contributed by atoms with van der Waals surface area (Å²) in [6.45, 7) is 1.25. The van der Waals surface area contributed by atoms with Gasteiger partial charge in [0.05, 0.1) is 12.7 Å². The molecule has 2 unspecified atom stereocenters. The van der Waals surface area contributed by atoms with E-state index in [1.165, 1.54) is 31.4 Å². The number of carbonyl (C=O) groups is 3. The van der Waals surface area contributed by atoms with Gasteiger partial charge in [0.15, 0.2) is 0 Å². The number of aromatic hydroxyl groups is 1. The normalized spacial score (nSPS) is 14.8. The fourth-order valence-electron chi connectivity index (χ4n) is 6.92. The number of anilines is 1. The van der Waals surface area contributed by atoms with Crippen molar-refractivity contribution in [2.24, 2.45) is 0 Å². The van der Waals surface area contributed by atoms with Crippen LogP contribution in [0.25, 0.3) is 11.1 Å². The van der Waals surface area contributed by atoms with Gasteiger partial charge in [0, 0.05) is 17.7 Å². The summed E-state index contributed by atoms with van der Waals surface area (Å²) < 4.78 is 44.3. The molecular weight excluding hydrogens is 695 g/mol. The van der Waals surface area contributed by atoms with Gasteiger partial charge in [0.2, 0.25) is 5.91 Å². The van der Waals surface area contributed by atoms with E-state index in [4.69, 9.17) is 4.74 Å². The van der Waals surface area contributed by atoms with Gasteiger partial charge in [-0.15, -0.1) is 0 Å². The molecule has 8 nitrogen and oxygen atoms in total. The quantitative estimate of drug-likeness (QED) is 0.118. The molecule has 1 fully saturated rings. The molecule has 0 spiro atoms. The van der Waals surface area contributed by atoms with Crippen LogP contribution in [0.5, 0.6) is 5.75 Å². The molecule has 3 N–H and O–H groups in total. The molecule has 0 aromatic heterocycles. The Kier molecular flexibility index (Phi) is 11.8. The summed E-state index contributed by atoms with van der Waals surface area (Å²) in [7, 11) is 1.28. The van der Waals surface area contributed by atoms with Crippen molar-refractivity contribution in [3.8, 4) is 16.9 Å². The summed E-state index contributed by atoms with van der Waals surface area (Å²) in [5, 5.41) is 15.5. The Labute approximate surface area is 311 Å². The van der Waals surface area contributed by atoms with Crippen LogP contribution in [0.15, 0.2) is 127 Å². The number of halogens is 3. The highest BCUT2D eigenvalue weighted by Crippen LogP contribution is 2.35. The number of hydrogen-bond donors (Lipinski definition) is 3. The molecule has 54 heavy (non-hydrogen) atoms. The van der Waals surface area contributed by atoms with Crippen LogP contribution < -0.4 is 10.6 Å². The first-order valence-electron chi connectivity index (χ1n) is 17.6. The summed E-state index contributed by atoms with van der Waals surface area (Å²) in [6, 6.07) is 33.5. The Morgan fingerprint density at radius 2 is 1.44 bits per heavy atom. The number of methoxy groups -OCH3 is 1. The molecule has 278 valence electrons. The average molecular weight is 736 g/mol. The molecular formula is C43H40F3N3O5. The standard InChI is InChI=1S/C43H40F3N3O5/c1-54-42(53)38(27-28-11-21-35(50)22-12-28)48-41(52)39(32-7-3-2-4-8-32)49-25-23-30(24-26-49)29-15-19-34(20-16-29)47-40(51)37-10-6-5-9-36(37)31-13-17-33(18-14-31)43(44,45)46/h2-22,30,38-39,50H,23-27H2,1H3,(H,47,51)(H,48,52). The molecule has 0 radical (unpaired) electrons. The summed E-state index contributed by atoms with van der Waals surface area (Å²) in [6.07, 6.45) is -2.70. The molecule has 11 heteroatoms. The van der Waals surface area contributed by atoms with Gasteiger partial charge in [-0.05, 0) is 102 Å². The maximum Gasteiger partial charge on any atom is 0.416 e. The molecule has 1 saturated heterocycles. The molecule has 5 aromatic carbocycles. The highest BCUT2D eigenvalue weighted by Gasteiger charge is 2.34. The van der Waals surface area contributed by atoms with Gasteiger partial charge in [-0.2, -0.15) is 13.2 Å². The van der Waals surface area contributed by atoms with Crippen LogP contribution in [0.3, 0.4) is 0 Å². The molecule has 5 aromatic rings. The first-order valence-corrected chi connectivity index (χ1v) is 17.6. The van der Waals surface area contributed by atoms with Crippen LogP contribution in [-0.4, -0.2) is 54.0 Å². The molecule has 0 aliphatic carbocycles. The number of nitrogens with one attached hydrogen (secondary N) is 2. The molecule has 1 aliphatic heterocycles. The van der Waals surface area contributed by atoms with Gasteiger partial charge in [-0.3, -0.25) is 14.5 Å². The van der Waals surface area contributed by atoms with Gasteiger partial charge in [0.25, 0.3) is 5.91 Å². The zero-order valence-corrected chi connectivity index (χ0v) is 29.6. The smallest absolute Gasteiger partial charge is 0.416 e. The lowest BCUT2D eigenvalue weighted by Crippen LogP contribution is -2.49. The van der Waals surface area contributed by atoms with E-state index in [-0.39, 0.29) is 29.9 Å². The second-order valence-electron chi connectivity index (χ2n) is 13.3. The Morgan fingerprint density at radius 3 is 2.07 bits per heavy atom. The number of phenolic OH excluding ortho intramolecular Hbond substituents is 1. The van der Waals surface area contributed by atoms with E-state index in [9.17, 15) is 32.7 Å². The molecule has 2 atom stereocenters. The fourth-order valence-corrected chi connectivity index (χ4v) is 6.92. The number of phenols is 1. The van der Waals surface area contributed by atoms with Crippen molar-refractivity contribution >= 4 is 23.5 Å². The van der Waals surface area contributed by atoms with Crippen molar-refractivity contribution in [2.45, 2.75) is 43.4 Å². The van der Waals surface area contributed by atoms with Crippen LogP contribution in [0.4, 0.5) is 18.9 Å². The second-order valence-corrected chi connectivity index (χ2v) is 13.3. The van der Waals surface area contributed by atoms with Crippen molar-refractivity contribution in [1.29, 1.82) is 0 Å². The maximum absolute atomic E-state index is 14.0. The average Bonchev–Trinajstić information content (AvgIpc) is 3.19. The summed E-state index contributed by atoms with van der Waals surface area (Å²) in [5.41, 5.74) is 3.84. The summed E-state index contributed by atoms with van der Waals surface area (Å²) in [4.78, 5) is 42.2. The lowest BCUT2D eigenvalue weighted by atomic mass is 9.88. The number of likely N-dealkylation sites (tertiary alicyclic amines) is 1. The highest BCUT2D eigenvalue weighted by atomic mass is 19.4. The van der Waals surface area contributed by atoms with Gasteiger partial charge in [0.1, 0.15) is 17.8 Å². The number of esters is 1. The van der Waals surface area contributed by atoms with E-state index in [0.29, 0.717) is 35.5 Å². The van der Waals surface area contributed by atoms with Crippen LogP contribution >= 0.6 is 0 Å². The van der Waals surface area contributed by atoms with Crippen molar-refractivity contribution in [3.05, 3.63) is 155 Å². The summed E-state index contributed by atoms with van der Waals surface area (Å²) >= 11 is 0. The molecule has 1 heterocycles. The molecule has 0 saturated carbocycles. The van der Waals surface area contributed by atoms with Crippen LogP contribution in [0, 0.1) is 0 Å². The van der Waals surface area contributed by atoms with Crippen molar-refractivity contribution in [2.75, 3.05) is 25.5 Å². The topological polar surface area (TPSA) is 108 Å². The van der Waals surface area contributed by atoms with E-state index in [1.54, 1.807) is 36.4 Å². The third-order valence-electron chi connectivity index (χ3n) is 9.77. The van der Waals surface area contributed by atoms with E-state index < -0.39 is 29.8 Å². The Hall–Kier alpha value is -5.94. The number of piperidine rings is 1. The number of ether oxygens (including phenoxy) is 1. The lowest BCUT2D eigenvalue weighted by molar-refractivity contribution is -0.146. The van der Waals surface area contributed by atoms with Crippen molar-refractivity contribution < 1.29 is 37.4 Å². The zero-order chi connectivity index (χ0) is 38.2. The molecule has 2 amide bonds. The van der Waals surface area contributed by atoms with Gasteiger partial charge in [-0.1, -0.05) is 84.9 Å². The Morgan fingerprint density at radius 1 is 0.815 bits per heavy atom. The monoisotopic (exact) mass is 735 g/mol. The van der Waals surface area contributed by atoms with Gasteiger partial charge >= 0.3 is 12.1 Å². The van der Waals surface area contributed by atoms with Crippen LogP contribution in [-0.2, 0) is 26.9 Å². The largest absolute Gasteiger partial charge is 0.508 e. The van der Waals surface area contributed by atoms with Crippen LogP contribution in [0.1, 0.15) is 57.4 Å². The first-order chi connectivity index (χ1) is 26.0. The van der Waals surface area contributed by atoms with E-state index in [0.717, 1.165) is 41.7 Å². The minimum atomic E-state index is -4.45. The highest BCUT2D eigenvalue weighted by molar-refractivity contribution is 6.08. The lowest BCUT2D eigenvalue weighted by Gasteiger charge is -2.37. The van der Waals surface area contributed by atoms with Crippen molar-refractivity contribution in [1.82, 2.24) is 10.2 Å². The minimum Gasteiger partial charge on any atom is -0.508 e. The predicted molar refractivity (Wildman–Crippen MR) is 200 cm³/mol. The SMILES string of the molecule is COC(=O)C(Cc1ccc(O)cc1)NC(=O)C(c1ccccc1)N1CCC(c2ccc(NC(=O)c3ccccc3-c3ccc(C(F)(F)F)cc3)cc2)CC1. The number of amides is 2. The van der Waals surface area contributed by atoms with E-state index >= 15 is 0 Å². The molecule has 0 bridgehead atoms. The molecule has 1 aliphatic rings. The number of carbonyl (C=O) groups excluding carboxylic acids is 3. The fraction of sp³-hybridized carbons (Fsp3) is 0.233. The Balaban J connectivity index is 1.10. The second kappa shape index (κ2) is 16.8. The minimum absolute atomic E-state index is 0.103. The maximum atomic E-state index is 14.0. The first kappa shape index (κ1) is 37.8. The third kappa shape index (κ3) is 9.16. The number of nitrogens with zero attached hydrogens (tertiary/aromatic N) is 1. The van der Waals surface area contributed by atoms with E-state index in [1.807, 2.05) is 54.6 Å². The number of benzene rings is 5. The van der Waals surface area contributed by atoms with E-state index in [2.05, 4.69) is 15.5 Å². The van der Waals surface area contributed by atoms with Gasteiger partial charge < -0.3 is 20.5 Å². The summed E-state index contributed by atoms with van der Waals surface area (Å²) in [5.74, 6) is -0.942. The molecule has 6 rings (SSSR count). The number of rotatable bonds is 11. The third-order valence-corrected chi connectivity index (χ3v) is 9.77. The van der Waals surface area contributed by atoms with Crippen LogP contribution in [0.2, 0.25) is 0 Å².